The fourth-order valence-electron chi connectivity index (χ4n) is 4.56. The van der Waals surface area contributed by atoms with Gasteiger partial charge in [0.15, 0.2) is 17.0 Å². The lowest BCUT2D eigenvalue weighted by Gasteiger charge is -2.26. The second kappa shape index (κ2) is 10.8. The van der Waals surface area contributed by atoms with Crippen molar-refractivity contribution in [2.45, 2.75) is 32.2 Å². The first kappa shape index (κ1) is 23.8. The van der Waals surface area contributed by atoms with E-state index in [-0.39, 0.29) is 17.7 Å². The molecule has 0 unspecified atom stereocenters. The molecule has 10 nitrogen and oxygen atoms in total. The fraction of sp³-hybridized carbons (Fsp3) is 0.385. The molecule has 0 bridgehead atoms. The van der Waals surface area contributed by atoms with Gasteiger partial charge in [0, 0.05) is 37.2 Å². The summed E-state index contributed by atoms with van der Waals surface area (Å²) in [5, 5.41) is 11.9. The number of benzene rings is 1. The Labute approximate surface area is 208 Å². The van der Waals surface area contributed by atoms with E-state index in [1.165, 1.54) is 44.0 Å². The van der Waals surface area contributed by atoms with Crippen LogP contribution in [-0.4, -0.2) is 60.4 Å². The van der Waals surface area contributed by atoms with Crippen molar-refractivity contribution in [1.29, 1.82) is 0 Å². The summed E-state index contributed by atoms with van der Waals surface area (Å²) in [5.41, 5.74) is 1.86. The van der Waals surface area contributed by atoms with Crippen molar-refractivity contribution in [1.82, 2.24) is 34.2 Å². The number of fused-ring (bicyclic) bond motifs is 1. The highest BCUT2D eigenvalue weighted by Gasteiger charge is 2.16. The van der Waals surface area contributed by atoms with Gasteiger partial charge in [-0.1, -0.05) is 12.5 Å². The lowest BCUT2D eigenvalue weighted by Crippen LogP contribution is -2.39. The van der Waals surface area contributed by atoms with Gasteiger partial charge in [0.2, 0.25) is 0 Å². The van der Waals surface area contributed by atoms with Crippen LogP contribution in [-0.2, 0) is 13.6 Å². The molecule has 1 fully saturated rings. The van der Waals surface area contributed by atoms with Crippen molar-refractivity contribution in [2.24, 2.45) is 7.05 Å². The van der Waals surface area contributed by atoms with Crippen LogP contribution in [0.1, 0.15) is 31.2 Å². The summed E-state index contributed by atoms with van der Waals surface area (Å²) in [5.74, 6) is 0.336. The Morgan fingerprint density at radius 2 is 1.81 bits per heavy atom. The zero-order valence-corrected chi connectivity index (χ0v) is 20.4. The zero-order valence-electron chi connectivity index (χ0n) is 20.4. The van der Waals surface area contributed by atoms with Crippen LogP contribution < -0.4 is 16.6 Å². The highest BCUT2D eigenvalue weighted by molar-refractivity contribution is 5.71. The highest BCUT2D eigenvalue weighted by Crippen LogP contribution is 2.19. The van der Waals surface area contributed by atoms with Crippen molar-refractivity contribution in [3.63, 3.8) is 0 Å². The molecule has 0 spiro atoms. The normalized spacial score (nSPS) is 14.2. The van der Waals surface area contributed by atoms with Gasteiger partial charge in [0.05, 0.1) is 6.54 Å². The molecule has 36 heavy (non-hydrogen) atoms. The molecule has 0 saturated carbocycles. The number of piperidine rings is 1. The van der Waals surface area contributed by atoms with E-state index in [4.69, 9.17) is 0 Å². The second-order valence-corrected chi connectivity index (χ2v) is 9.16. The second-order valence-electron chi connectivity index (χ2n) is 9.16. The predicted molar refractivity (Wildman–Crippen MR) is 139 cm³/mol. The van der Waals surface area contributed by atoms with Gasteiger partial charge in [0.1, 0.15) is 0 Å². The first-order chi connectivity index (χ1) is 17.6. The predicted octanol–water partition coefficient (Wildman–Crippen LogP) is 2.28. The van der Waals surface area contributed by atoms with E-state index < -0.39 is 11.2 Å². The van der Waals surface area contributed by atoms with E-state index in [1.807, 2.05) is 30.3 Å². The number of pyridine rings is 1. The molecule has 3 aromatic heterocycles. The van der Waals surface area contributed by atoms with Gasteiger partial charge in [-0.05, 0) is 74.8 Å². The minimum atomic E-state index is -0.499. The molecule has 186 valence electrons. The van der Waals surface area contributed by atoms with E-state index in [1.54, 1.807) is 18.5 Å². The Balaban J connectivity index is 1.33. The molecule has 0 atom stereocenters. The number of likely N-dealkylation sites (tertiary alicyclic amines) is 1. The molecular formula is C26H30N8O2. The highest BCUT2D eigenvalue weighted by atomic mass is 16.2. The summed E-state index contributed by atoms with van der Waals surface area (Å²) >= 11 is 0. The average Bonchev–Trinajstić information content (AvgIpc) is 2.93. The van der Waals surface area contributed by atoms with Crippen LogP contribution in [0.25, 0.3) is 22.6 Å². The molecule has 10 heteroatoms. The summed E-state index contributed by atoms with van der Waals surface area (Å²) in [6, 6.07) is 11.4. The van der Waals surface area contributed by atoms with E-state index in [0.29, 0.717) is 5.82 Å². The Morgan fingerprint density at radius 3 is 2.56 bits per heavy atom. The average molecular weight is 487 g/mol. The minimum absolute atomic E-state index is 0.103. The maximum atomic E-state index is 12.8. The molecule has 1 aliphatic heterocycles. The lowest BCUT2D eigenvalue weighted by molar-refractivity contribution is 0.228. The van der Waals surface area contributed by atoms with Crippen LogP contribution in [0.4, 0.5) is 5.69 Å². The molecule has 0 radical (unpaired) electrons. The van der Waals surface area contributed by atoms with Gasteiger partial charge < -0.3 is 10.2 Å². The summed E-state index contributed by atoms with van der Waals surface area (Å²) in [7, 11) is 1.44. The van der Waals surface area contributed by atoms with Gasteiger partial charge in [0.25, 0.3) is 5.56 Å². The maximum Gasteiger partial charge on any atom is 0.332 e. The molecule has 4 aromatic rings. The summed E-state index contributed by atoms with van der Waals surface area (Å²) < 4.78 is 2.45. The van der Waals surface area contributed by atoms with Gasteiger partial charge in [-0.3, -0.25) is 18.9 Å². The van der Waals surface area contributed by atoms with Crippen LogP contribution in [0.5, 0.6) is 0 Å². The van der Waals surface area contributed by atoms with Crippen molar-refractivity contribution >= 4 is 16.9 Å². The lowest BCUT2D eigenvalue weighted by atomic mass is 10.1. The molecule has 1 aliphatic rings. The Hall–Kier alpha value is -3.92. The van der Waals surface area contributed by atoms with Crippen LogP contribution in [0, 0.1) is 0 Å². The van der Waals surface area contributed by atoms with Crippen molar-refractivity contribution in [2.75, 3.05) is 31.5 Å². The molecule has 4 heterocycles. The molecule has 1 saturated heterocycles. The topological polar surface area (TPSA) is 111 Å². The summed E-state index contributed by atoms with van der Waals surface area (Å²) in [6.07, 6.45) is 8.42. The third kappa shape index (κ3) is 5.18. The summed E-state index contributed by atoms with van der Waals surface area (Å²) in [4.78, 5) is 36.8. The fourth-order valence-corrected chi connectivity index (χ4v) is 4.56. The van der Waals surface area contributed by atoms with Crippen LogP contribution in [0.15, 0.2) is 58.4 Å². The largest absolute Gasteiger partial charge is 0.385 e. The first-order valence-electron chi connectivity index (χ1n) is 12.4. The van der Waals surface area contributed by atoms with Crippen molar-refractivity contribution in [3.8, 4) is 11.4 Å². The molecule has 5 rings (SSSR count). The van der Waals surface area contributed by atoms with Crippen LogP contribution in [0.3, 0.4) is 0 Å². The molecule has 0 aliphatic carbocycles. The van der Waals surface area contributed by atoms with Crippen LogP contribution >= 0.6 is 0 Å². The van der Waals surface area contributed by atoms with Gasteiger partial charge in [-0.25, -0.2) is 9.78 Å². The van der Waals surface area contributed by atoms with E-state index in [2.05, 4.69) is 30.4 Å². The van der Waals surface area contributed by atoms with Crippen molar-refractivity contribution < 1.29 is 0 Å². The molecular weight excluding hydrogens is 456 g/mol. The third-order valence-corrected chi connectivity index (χ3v) is 6.59. The smallest absolute Gasteiger partial charge is 0.332 e. The molecule has 1 N–H and O–H groups in total. The number of aromatic nitrogens is 6. The molecule has 1 aromatic carbocycles. The van der Waals surface area contributed by atoms with Gasteiger partial charge >= 0.3 is 5.69 Å². The van der Waals surface area contributed by atoms with Crippen LogP contribution in [0.2, 0.25) is 0 Å². The quantitative estimate of drug-likeness (QED) is 0.378. The van der Waals surface area contributed by atoms with E-state index in [0.717, 1.165) is 40.9 Å². The van der Waals surface area contributed by atoms with E-state index >= 15 is 0 Å². The number of anilines is 1. The van der Waals surface area contributed by atoms with Crippen molar-refractivity contribution in [3.05, 3.63) is 75.2 Å². The Morgan fingerprint density at radius 1 is 1.00 bits per heavy atom. The minimum Gasteiger partial charge on any atom is -0.385 e. The number of nitrogens with one attached hydrogen (secondary N) is 1. The maximum absolute atomic E-state index is 12.8. The Kier molecular flexibility index (Phi) is 7.13. The number of nitrogens with zero attached hydrogens (tertiary/aromatic N) is 7. The monoisotopic (exact) mass is 486 g/mol. The SMILES string of the molecule is Cn1c(=O)c2nc(-c3ccc(NCCCN4CCCCC4)cc3)nnc2n(Cc2cccnc2)c1=O. The molecule has 0 amide bonds. The number of hydrogen-bond donors (Lipinski definition) is 1. The number of hydrogen-bond acceptors (Lipinski definition) is 8. The van der Waals surface area contributed by atoms with Gasteiger partial charge in [-0.15, -0.1) is 10.2 Å². The summed E-state index contributed by atoms with van der Waals surface area (Å²) in [6.45, 7) is 4.69. The Bertz CT molecular complexity index is 1440. The number of rotatable bonds is 8. The third-order valence-electron chi connectivity index (χ3n) is 6.59. The first-order valence-corrected chi connectivity index (χ1v) is 12.4. The standard InChI is InChI=1S/C26H30N8O2/c1-32-25(35)22-24(34(26(32)36)18-19-7-5-12-27-17-19)31-30-23(29-22)20-8-10-21(11-9-20)28-13-6-16-33-14-3-2-4-15-33/h5,7-12,17,28H,2-4,6,13-16,18H2,1H3. The van der Waals surface area contributed by atoms with Gasteiger partial charge in [-0.2, -0.15) is 0 Å². The zero-order chi connectivity index (χ0) is 24.9. The van der Waals surface area contributed by atoms with E-state index in [9.17, 15) is 9.59 Å².